The minimum atomic E-state index is 0.122. The van der Waals surface area contributed by atoms with Crippen LogP contribution in [0.25, 0.3) is 29.6 Å². The predicted octanol–water partition coefficient (Wildman–Crippen LogP) is 5.37. The number of hydrogen-bond donors (Lipinski definition) is 0. The predicted molar refractivity (Wildman–Crippen MR) is 103 cm³/mol. The van der Waals surface area contributed by atoms with E-state index in [1.54, 1.807) is 0 Å². The van der Waals surface area contributed by atoms with Gasteiger partial charge in [0, 0.05) is 25.7 Å². The number of hydrogen-bond acceptors (Lipinski definition) is 3. The minimum Gasteiger partial charge on any atom is -0.215 e. The van der Waals surface area contributed by atoms with Gasteiger partial charge in [0.1, 0.15) is 7.05 Å². The fourth-order valence-corrected chi connectivity index (χ4v) is 6.04. The van der Waals surface area contributed by atoms with E-state index in [0.29, 0.717) is 0 Å². The van der Waals surface area contributed by atoms with E-state index >= 15 is 0 Å². The van der Waals surface area contributed by atoms with Crippen LogP contribution in [0.3, 0.4) is 0 Å². The smallest absolute Gasteiger partial charge is 0.215 e. The van der Waals surface area contributed by atoms with Crippen LogP contribution >= 0.6 is 22.7 Å². The van der Waals surface area contributed by atoms with Gasteiger partial charge in [0.2, 0.25) is 0 Å². The molecule has 4 aromatic rings. The third-order valence-corrected chi connectivity index (χ3v) is 7.09. The summed E-state index contributed by atoms with van der Waals surface area (Å²) in [5.74, 6) is 0. The lowest BCUT2D eigenvalue weighted by Gasteiger charge is -2.09. The van der Waals surface area contributed by atoms with Gasteiger partial charge in [0.25, 0.3) is 6.17 Å². The molecule has 0 N–H and O–H groups in total. The van der Waals surface area contributed by atoms with E-state index in [4.69, 9.17) is 0 Å². The topological polar surface area (TPSA) is 15.4 Å². The molecule has 0 saturated carbocycles. The molecule has 112 valence electrons. The molecule has 5 rings (SSSR count). The van der Waals surface area contributed by atoms with E-state index in [-0.39, 0.29) is 6.17 Å². The minimum absolute atomic E-state index is 0.122. The molecule has 1 unspecified atom stereocenters. The van der Waals surface area contributed by atoms with E-state index in [1.165, 1.54) is 40.7 Å². The van der Waals surface area contributed by atoms with Crippen molar-refractivity contribution in [3.8, 4) is 0 Å². The molecule has 0 saturated heterocycles. The van der Waals surface area contributed by atoms with Crippen LogP contribution in [-0.4, -0.2) is 24.1 Å². The second-order valence-corrected chi connectivity index (χ2v) is 8.15. The van der Waals surface area contributed by atoms with Crippen molar-refractivity contribution in [2.24, 2.45) is 4.99 Å². The van der Waals surface area contributed by atoms with Gasteiger partial charge in [-0.25, -0.2) is 9.57 Å². The highest BCUT2D eigenvalue weighted by Crippen LogP contribution is 2.45. The summed E-state index contributed by atoms with van der Waals surface area (Å²) < 4.78 is 7.77. The summed E-state index contributed by atoms with van der Waals surface area (Å²) in [6, 6.07) is 13.4. The highest BCUT2D eigenvalue weighted by Gasteiger charge is 2.24. The Labute approximate surface area is 142 Å². The quantitative estimate of drug-likeness (QED) is 0.415. The van der Waals surface area contributed by atoms with Crippen LogP contribution in [0.5, 0.6) is 0 Å². The first kappa shape index (κ1) is 13.4. The normalized spacial score (nSPS) is 17.7. The van der Waals surface area contributed by atoms with Crippen molar-refractivity contribution in [1.82, 2.24) is 0 Å². The summed E-state index contributed by atoms with van der Waals surface area (Å²) in [5.41, 5.74) is 2.63. The lowest BCUT2D eigenvalue weighted by Crippen LogP contribution is -2.10. The molecular formula is C19H15N2S2+. The second-order valence-electron chi connectivity index (χ2n) is 6.05. The maximum atomic E-state index is 4.60. The van der Waals surface area contributed by atoms with Gasteiger partial charge < -0.3 is 0 Å². The van der Waals surface area contributed by atoms with Gasteiger partial charge >= 0.3 is 0 Å². The van der Waals surface area contributed by atoms with Crippen LogP contribution in [0.1, 0.15) is 17.3 Å². The number of thiophene rings is 2. The number of benzene rings is 2. The number of nitrogens with zero attached hydrogens (tertiary/aromatic N) is 2. The summed E-state index contributed by atoms with van der Waals surface area (Å²) in [6.07, 6.45) is 4.06. The number of rotatable bonds is 1. The SMILES string of the molecule is Cc1cc2c(cc1C1N=CC=[N+]1C)sc1c3ccccc3sc21. The first-order valence-electron chi connectivity index (χ1n) is 7.65. The molecule has 0 amide bonds. The summed E-state index contributed by atoms with van der Waals surface area (Å²) >= 11 is 3.82. The Morgan fingerprint density at radius 3 is 2.61 bits per heavy atom. The lowest BCUT2D eigenvalue weighted by atomic mass is 10.0. The van der Waals surface area contributed by atoms with Crippen molar-refractivity contribution < 1.29 is 4.58 Å². The van der Waals surface area contributed by atoms with Crippen molar-refractivity contribution >= 4 is 64.7 Å². The zero-order valence-corrected chi connectivity index (χ0v) is 14.5. The number of aliphatic imine (C=N–C) groups is 1. The third kappa shape index (κ3) is 1.85. The molecule has 1 aliphatic rings. The average molecular weight is 335 g/mol. The summed E-state index contributed by atoms with van der Waals surface area (Å²) in [4.78, 5) is 4.60. The summed E-state index contributed by atoms with van der Waals surface area (Å²) in [7, 11) is 2.09. The molecule has 2 aromatic carbocycles. The van der Waals surface area contributed by atoms with Crippen molar-refractivity contribution in [2.75, 3.05) is 7.05 Å². The largest absolute Gasteiger partial charge is 0.272 e. The average Bonchev–Trinajstić information content (AvgIpc) is 3.21. The van der Waals surface area contributed by atoms with Gasteiger partial charge in [-0.15, -0.1) is 22.7 Å². The molecule has 23 heavy (non-hydrogen) atoms. The molecule has 1 atom stereocenters. The number of aryl methyl sites for hydroxylation is 1. The molecular weight excluding hydrogens is 320 g/mol. The first-order chi connectivity index (χ1) is 11.2. The maximum absolute atomic E-state index is 4.60. The lowest BCUT2D eigenvalue weighted by molar-refractivity contribution is -0.533. The van der Waals surface area contributed by atoms with E-state index in [0.717, 1.165) is 0 Å². The van der Waals surface area contributed by atoms with E-state index < -0.39 is 0 Å². The fourth-order valence-electron chi connectivity index (χ4n) is 3.37. The standard InChI is InChI=1S/C19H15N2S2/c1-11-9-14-16(10-13(11)19-20-7-8-21(19)2)23-17-12-5-3-4-6-15(12)22-18(14)17/h3-10,19H,1-2H3/q+1. The highest BCUT2D eigenvalue weighted by molar-refractivity contribution is 7.36. The monoisotopic (exact) mass is 335 g/mol. The van der Waals surface area contributed by atoms with Gasteiger partial charge in [-0.05, 0) is 30.7 Å². The molecule has 3 heterocycles. The summed E-state index contributed by atoms with van der Waals surface area (Å²) in [5, 5.41) is 2.78. The van der Waals surface area contributed by atoms with Crippen LogP contribution in [0.15, 0.2) is 41.4 Å². The van der Waals surface area contributed by atoms with Crippen molar-refractivity contribution in [3.63, 3.8) is 0 Å². The van der Waals surface area contributed by atoms with E-state index in [9.17, 15) is 0 Å². The molecule has 0 fully saturated rings. The Morgan fingerprint density at radius 1 is 1.00 bits per heavy atom. The zero-order valence-electron chi connectivity index (χ0n) is 12.9. The molecule has 0 spiro atoms. The first-order valence-corrected chi connectivity index (χ1v) is 9.28. The molecule has 2 aromatic heterocycles. The molecule has 0 aliphatic carbocycles. The van der Waals surface area contributed by atoms with Gasteiger partial charge in [-0.1, -0.05) is 18.2 Å². The van der Waals surface area contributed by atoms with Crippen LogP contribution < -0.4 is 0 Å². The van der Waals surface area contributed by atoms with Gasteiger partial charge in [-0.3, -0.25) is 0 Å². The van der Waals surface area contributed by atoms with Gasteiger partial charge in [-0.2, -0.15) is 0 Å². The van der Waals surface area contributed by atoms with E-state index in [1.807, 2.05) is 35.1 Å². The van der Waals surface area contributed by atoms with Crippen molar-refractivity contribution in [2.45, 2.75) is 13.1 Å². The van der Waals surface area contributed by atoms with Crippen LogP contribution in [-0.2, 0) is 0 Å². The van der Waals surface area contributed by atoms with Crippen molar-refractivity contribution in [1.29, 1.82) is 0 Å². The highest BCUT2D eigenvalue weighted by atomic mass is 32.1. The van der Waals surface area contributed by atoms with Gasteiger partial charge in [0.05, 0.1) is 15.6 Å². The molecule has 1 aliphatic heterocycles. The summed E-state index contributed by atoms with van der Waals surface area (Å²) in [6.45, 7) is 2.20. The Bertz CT molecular complexity index is 1140. The van der Waals surface area contributed by atoms with Crippen molar-refractivity contribution in [3.05, 3.63) is 47.5 Å². The van der Waals surface area contributed by atoms with Crippen LogP contribution in [0.4, 0.5) is 0 Å². The Kier molecular flexibility index (Phi) is 2.75. The molecule has 0 radical (unpaired) electrons. The Balaban J connectivity index is 1.82. The zero-order chi connectivity index (χ0) is 15.6. The van der Waals surface area contributed by atoms with E-state index in [2.05, 4.69) is 59.9 Å². The van der Waals surface area contributed by atoms with Crippen LogP contribution in [0.2, 0.25) is 0 Å². The molecule has 0 bridgehead atoms. The maximum Gasteiger partial charge on any atom is 0.272 e. The third-order valence-electron chi connectivity index (χ3n) is 4.57. The second kappa shape index (κ2) is 4.73. The molecule has 2 nitrogen and oxygen atoms in total. The van der Waals surface area contributed by atoms with Crippen LogP contribution in [0, 0.1) is 6.92 Å². The van der Waals surface area contributed by atoms with Gasteiger partial charge in [0.15, 0.2) is 6.21 Å². The number of fused-ring (bicyclic) bond motifs is 5. The molecule has 4 heteroatoms. The Morgan fingerprint density at radius 2 is 1.78 bits per heavy atom. The Hall–Kier alpha value is -2.04. The fraction of sp³-hybridized carbons (Fsp3) is 0.158.